The zero-order valence-corrected chi connectivity index (χ0v) is 15.3. The van der Waals surface area contributed by atoms with E-state index in [2.05, 4.69) is 11.9 Å². The molecule has 0 unspecified atom stereocenters. The molecule has 7 heteroatoms. The third-order valence-electron chi connectivity index (χ3n) is 3.44. The maximum Gasteiger partial charge on any atom is 0.264 e. The van der Waals surface area contributed by atoms with Gasteiger partial charge in [0.05, 0.1) is 22.2 Å². The van der Waals surface area contributed by atoms with Crippen molar-refractivity contribution in [1.82, 2.24) is 5.32 Å². The van der Waals surface area contributed by atoms with E-state index in [4.69, 9.17) is 11.6 Å². The molecule has 0 aromatic heterocycles. The van der Waals surface area contributed by atoms with Crippen LogP contribution in [-0.2, 0) is 10.0 Å². The lowest BCUT2D eigenvalue weighted by atomic mass is 10.2. The number of hydrogen-bond acceptors (Lipinski definition) is 3. The molecule has 2 aromatic carbocycles. The summed E-state index contributed by atoms with van der Waals surface area (Å²) < 4.78 is 27.4. The van der Waals surface area contributed by atoms with Crippen molar-refractivity contribution >= 4 is 33.2 Å². The van der Waals surface area contributed by atoms with Crippen LogP contribution in [0.1, 0.15) is 17.3 Å². The van der Waals surface area contributed by atoms with Crippen molar-refractivity contribution in [3.05, 3.63) is 71.8 Å². The molecule has 0 saturated heterocycles. The van der Waals surface area contributed by atoms with Crippen molar-refractivity contribution in [2.24, 2.45) is 0 Å². The summed E-state index contributed by atoms with van der Waals surface area (Å²) >= 11 is 6.17. The summed E-state index contributed by atoms with van der Waals surface area (Å²) in [6, 6.07) is 12.6. The molecule has 0 heterocycles. The average molecular weight is 379 g/mol. The Balaban J connectivity index is 2.51. The largest absolute Gasteiger partial charge is 0.352 e. The molecule has 0 atom stereocenters. The summed E-state index contributed by atoms with van der Waals surface area (Å²) in [5.74, 6) is -0.326. The smallest absolute Gasteiger partial charge is 0.264 e. The average Bonchev–Trinajstić information content (AvgIpc) is 2.61. The highest BCUT2D eigenvalue weighted by atomic mass is 35.5. The summed E-state index contributed by atoms with van der Waals surface area (Å²) in [5, 5.41) is 2.96. The first-order valence-electron chi connectivity index (χ1n) is 7.68. The monoisotopic (exact) mass is 378 g/mol. The van der Waals surface area contributed by atoms with E-state index in [-0.39, 0.29) is 22.9 Å². The molecule has 132 valence electrons. The van der Waals surface area contributed by atoms with Gasteiger partial charge in [-0.2, -0.15) is 0 Å². The van der Waals surface area contributed by atoms with Crippen molar-refractivity contribution < 1.29 is 13.2 Å². The van der Waals surface area contributed by atoms with Crippen LogP contribution in [0.15, 0.2) is 66.1 Å². The van der Waals surface area contributed by atoms with Gasteiger partial charge in [-0.25, -0.2) is 8.42 Å². The first kappa shape index (κ1) is 19.0. The number of nitrogens with one attached hydrogen (secondary N) is 1. The molecule has 0 saturated carbocycles. The number of halogens is 1. The highest BCUT2D eigenvalue weighted by Crippen LogP contribution is 2.30. The third kappa shape index (κ3) is 4.21. The Kier molecular flexibility index (Phi) is 6.22. The number of para-hydroxylation sites is 1. The van der Waals surface area contributed by atoms with E-state index in [0.717, 1.165) is 0 Å². The Morgan fingerprint density at radius 3 is 2.60 bits per heavy atom. The second-order valence-corrected chi connectivity index (χ2v) is 7.43. The molecule has 0 radical (unpaired) electrons. The van der Waals surface area contributed by atoms with Crippen LogP contribution in [0.3, 0.4) is 0 Å². The number of nitrogens with zero attached hydrogens (tertiary/aromatic N) is 1. The van der Waals surface area contributed by atoms with Crippen LogP contribution in [0.4, 0.5) is 5.69 Å². The van der Waals surface area contributed by atoms with Gasteiger partial charge < -0.3 is 5.32 Å². The first-order chi connectivity index (χ1) is 11.9. The van der Waals surface area contributed by atoms with Crippen LogP contribution >= 0.6 is 11.6 Å². The maximum atomic E-state index is 13.1. The van der Waals surface area contributed by atoms with Gasteiger partial charge in [-0.3, -0.25) is 9.10 Å². The van der Waals surface area contributed by atoms with Crippen LogP contribution in [0, 0.1) is 0 Å². The minimum atomic E-state index is -3.91. The summed E-state index contributed by atoms with van der Waals surface area (Å²) in [5.41, 5.74) is 0.633. The van der Waals surface area contributed by atoms with Gasteiger partial charge in [0.2, 0.25) is 0 Å². The van der Waals surface area contributed by atoms with Crippen LogP contribution in [0.5, 0.6) is 0 Å². The fourth-order valence-electron chi connectivity index (χ4n) is 2.28. The van der Waals surface area contributed by atoms with Gasteiger partial charge in [0.15, 0.2) is 0 Å². The van der Waals surface area contributed by atoms with Gasteiger partial charge >= 0.3 is 0 Å². The second-order valence-electron chi connectivity index (χ2n) is 5.16. The SMILES string of the molecule is C=CCN(c1ccccc1Cl)S(=O)(=O)c1cccc(C(=O)NCC)c1. The first-order valence-corrected chi connectivity index (χ1v) is 9.50. The Bertz CT molecular complexity index is 881. The number of rotatable bonds is 7. The summed E-state index contributed by atoms with van der Waals surface area (Å²) in [7, 11) is -3.91. The van der Waals surface area contributed by atoms with Gasteiger partial charge in [0.25, 0.3) is 15.9 Å². The third-order valence-corrected chi connectivity index (χ3v) is 5.53. The second kappa shape index (κ2) is 8.18. The zero-order valence-electron chi connectivity index (χ0n) is 13.8. The molecular weight excluding hydrogens is 360 g/mol. The molecule has 0 spiro atoms. The van der Waals surface area contributed by atoms with Crippen molar-refractivity contribution in [1.29, 1.82) is 0 Å². The molecule has 1 N–H and O–H groups in total. The highest BCUT2D eigenvalue weighted by Gasteiger charge is 2.26. The molecule has 5 nitrogen and oxygen atoms in total. The lowest BCUT2D eigenvalue weighted by Crippen LogP contribution is -2.31. The van der Waals surface area contributed by atoms with E-state index < -0.39 is 10.0 Å². The molecule has 2 rings (SSSR count). The van der Waals surface area contributed by atoms with Crippen LogP contribution in [0.2, 0.25) is 5.02 Å². The Morgan fingerprint density at radius 2 is 1.96 bits per heavy atom. The zero-order chi connectivity index (χ0) is 18.4. The highest BCUT2D eigenvalue weighted by molar-refractivity contribution is 7.92. The standard InChI is InChI=1S/C18H19ClN2O3S/c1-3-12-21(17-11-6-5-10-16(17)19)25(23,24)15-9-7-8-14(13-15)18(22)20-4-2/h3,5-11,13H,1,4,12H2,2H3,(H,20,22). The summed E-state index contributed by atoms with van der Waals surface area (Å²) in [6.07, 6.45) is 1.48. The number of amides is 1. The van der Waals surface area contributed by atoms with E-state index >= 15 is 0 Å². The van der Waals surface area contributed by atoms with Crippen molar-refractivity contribution in [3.8, 4) is 0 Å². The summed E-state index contributed by atoms with van der Waals surface area (Å²) in [4.78, 5) is 12.0. The molecule has 0 fully saturated rings. The van der Waals surface area contributed by atoms with E-state index in [9.17, 15) is 13.2 Å². The predicted molar refractivity (Wildman–Crippen MR) is 101 cm³/mol. The predicted octanol–water partition coefficient (Wildman–Crippen LogP) is 3.47. The van der Waals surface area contributed by atoms with Crippen molar-refractivity contribution in [3.63, 3.8) is 0 Å². The number of sulfonamides is 1. The van der Waals surface area contributed by atoms with E-state index in [1.807, 2.05) is 0 Å². The normalized spacial score (nSPS) is 11.0. The quantitative estimate of drug-likeness (QED) is 0.750. The van der Waals surface area contributed by atoms with Crippen LogP contribution in [0.25, 0.3) is 0 Å². The molecule has 0 aliphatic carbocycles. The van der Waals surface area contributed by atoms with Gasteiger partial charge in [-0.15, -0.1) is 6.58 Å². The maximum absolute atomic E-state index is 13.1. The number of hydrogen-bond donors (Lipinski definition) is 1. The number of anilines is 1. The Hall–Kier alpha value is -2.31. The molecular formula is C18H19ClN2O3S. The molecule has 2 aromatic rings. The summed E-state index contributed by atoms with van der Waals surface area (Å²) in [6.45, 7) is 5.92. The lowest BCUT2D eigenvalue weighted by molar-refractivity contribution is 0.0955. The topological polar surface area (TPSA) is 66.5 Å². The number of carbonyl (C=O) groups is 1. The number of benzene rings is 2. The molecule has 25 heavy (non-hydrogen) atoms. The van der Waals surface area contributed by atoms with Gasteiger partial charge in [0, 0.05) is 12.1 Å². The van der Waals surface area contributed by atoms with Gasteiger partial charge in [-0.1, -0.05) is 35.9 Å². The van der Waals surface area contributed by atoms with Crippen molar-refractivity contribution in [2.45, 2.75) is 11.8 Å². The molecule has 1 amide bonds. The Labute approximate surface area is 153 Å². The van der Waals surface area contributed by atoms with E-state index in [1.54, 1.807) is 37.3 Å². The Morgan fingerprint density at radius 1 is 1.24 bits per heavy atom. The lowest BCUT2D eigenvalue weighted by Gasteiger charge is -2.24. The molecule has 0 bridgehead atoms. The minimum Gasteiger partial charge on any atom is -0.352 e. The van der Waals surface area contributed by atoms with Crippen LogP contribution in [-0.4, -0.2) is 27.4 Å². The molecule has 0 aliphatic rings. The van der Waals surface area contributed by atoms with E-state index in [1.165, 1.54) is 28.6 Å². The number of carbonyl (C=O) groups excluding carboxylic acids is 1. The fourth-order valence-corrected chi connectivity index (χ4v) is 4.07. The molecule has 0 aliphatic heterocycles. The van der Waals surface area contributed by atoms with Gasteiger partial charge in [-0.05, 0) is 37.3 Å². The van der Waals surface area contributed by atoms with Gasteiger partial charge in [0.1, 0.15) is 0 Å². The van der Waals surface area contributed by atoms with Crippen molar-refractivity contribution in [2.75, 3.05) is 17.4 Å². The van der Waals surface area contributed by atoms with E-state index in [0.29, 0.717) is 17.3 Å². The van der Waals surface area contributed by atoms with Crippen LogP contribution < -0.4 is 9.62 Å². The fraction of sp³-hybridized carbons (Fsp3) is 0.167. The minimum absolute atomic E-state index is 0.0121.